The molecule has 9 rings (SSSR count). The molecule has 0 spiro atoms. The van der Waals surface area contributed by atoms with E-state index in [0.717, 1.165) is 22.7 Å². The first-order chi connectivity index (χ1) is 22.8. The van der Waals surface area contributed by atoms with Crippen molar-refractivity contribution in [2.24, 2.45) is 0 Å². The lowest BCUT2D eigenvalue weighted by molar-refractivity contribution is 1.18. The molecule has 1 aromatic heterocycles. The molecular weight excluding hydrogens is 556 g/mol. The smallest absolute Gasteiger partial charge is 0.0561 e. The third-order valence-corrected chi connectivity index (χ3v) is 9.15. The van der Waals surface area contributed by atoms with Crippen LogP contribution in [0, 0.1) is 0 Å². The Labute approximate surface area is 268 Å². The average Bonchev–Trinajstić information content (AvgIpc) is 3.46. The lowest BCUT2D eigenvalue weighted by Crippen LogP contribution is -2.10. The standard InChI is InChI=1S/C44H30N2/c1-3-14-33(15-4-1)45(36-27-28-41-40-21-11-12-22-43(40)46(44(41)30-36)34-16-5-2-6-17-34)35-25-23-31(24-26-35)42-29-32-13-7-8-18-37(32)38-19-9-10-20-39(38)42/h1-30H. The third kappa shape index (κ3) is 4.27. The summed E-state index contributed by atoms with van der Waals surface area (Å²) in [6.07, 6.45) is 0. The number of fused-ring (bicyclic) bond motifs is 6. The largest absolute Gasteiger partial charge is 0.310 e. The van der Waals surface area contributed by atoms with Gasteiger partial charge in [-0.2, -0.15) is 0 Å². The summed E-state index contributed by atoms with van der Waals surface area (Å²) in [5.74, 6) is 0. The van der Waals surface area contributed by atoms with E-state index in [2.05, 4.69) is 191 Å². The summed E-state index contributed by atoms with van der Waals surface area (Å²) in [6, 6.07) is 65.6. The van der Waals surface area contributed by atoms with Crippen molar-refractivity contribution in [2.45, 2.75) is 0 Å². The van der Waals surface area contributed by atoms with E-state index in [9.17, 15) is 0 Å². The molecule has 0 unspecified atom stereocenters. The maximum Gasteiger partial charge on any atom is 0.0561 e. The van der Waals surface area contributed by atoms with Crippen LogP contribution >= 0.6 is 0 Å². The molecule has 0 N–H and O–H groups in total. The molecule has 46 heavy (non-hydrogen) atoms. The molecule has 1 heterocycles. The molecule has 0 bridgehead atoms. The van der Waals surface area contributed by atoms with Gasteiger partial charge in [-0.25, -0.2) is 0 Å². The molecule has 0 saturated carbocycles. The van der Waals surface area contributed by atoms with Gasteiger partial charge in [0, 0.05) is 33.5 Å². The van der Waals surface area contributed by atoms with Gasteiger partial charge in [0.2, 0.25) is 0 Å². The highest BCUT2D eigenvalue weighted by atomic mass is 15.1. The van der Waals surface area contributed by atoms with Crippen molar-refractivity contribution in [3.8, 4) is 16.8 Å². The number of para-hydroxylation sites is 3. The predicted octanol–water partition coefficient (Wildman–Crippen LogP) is 12.2. The number of anilines is 3. The van der Waals surface area contributed by atoms with Gasteiger partial charge in [-0.3, -0.25) is 0 Å². The number of nitrogens with zero attached hydrogens (tertiary/aromatic N) is 2. The van der Waals surface area contributed by atoms with E-state index in [1.54, 1.807) is 0 Å². The predicted molar refractivity (Wildman–Crippen MR) is 196 cm³/mol. The van der Waals surface area contributed by atoms with Crippen LogP contribution in [0.2, 0.25) is 0 Å². The first-order valence-corrected chi connectivity index (χ1v) is 15.8. The van der Waals surface area contributed by atoms with Crippen LogP contribution in [0.15, 0.2) is 182 Å². The summed E-state index contributed by atoms with van der Waals surface area (Å²) < 4.78 is 2.38. The highest BCUT2D eigenvalue weighted by Gasteiger charge is 2.18. The second kappa shape index (κ2) is 10.8. The molecular formula is C44H30N2. The fourth-order valence-corrected chi connectivity index (χ4v) is 7.06. The topological polar surface area (TPSA) is 8.17 Å². The molecule has 0 atom stereocenters. The van der Waals surface area contributed by atoms with Crippen LogP contribution in [-0.4, -0.2) is 4.57 Å². The second-order valence-corrected chi connectivity index (χ2v) is 11.8. The summed E-state index contributed by atoms with van der Waals surface area (Å²) in [5.41, 5.74) is 9.35. The molecule has 0 aliphatic carbocycles. The lowest BCUT2D eigenvalue weighted by Gasteiger charge is -2.26. The fourth-order valence-electron chi connectivity index (χ4n) is 7.06. The van der Waals surface area contributed by atoms with Gasteiger partial charge in [0.1, 0.15) is 0 Å². The van der Waals surface area contributed by atoms with Gasteiger partial charge in [-0.1, -0.05) is 121 Å². The van der Waals surface area contributed by atoms with E-state index in [-0.39, 0.29) is 0 Å². The van der Waals surface area contributed by atoms with Crippen LogP contribution in [-0.2, 0) is 0 Å². The Hall–Kier alpha value is -6.12. The van der Waals surface area contributed by atoms with Crippen molar-refractivity contribution in [2.75, 3.05) is 4.90 Å². The highest BCUT2D eigenvalue weighted by molar-refractivity contribution is 6.14. The Kier molecular flexibility index (Phi) is 6.17. The van der Waals surface area contributed by atoms with Gasteiger partial charge in [-0.05, 0) is 93.3 Å². The molecule has 2 heteroatoms. The van der Waals surface area contributed by atoms with Crippen LogP contribution in [0.3, 0.4) is 0 Å². The lowest BCUT2D eigenvalue weighted by atomic mass is 9.93. The number of aromatic nitrogens is 1. The minimum atomic E-state index is 1.11. The summed E-state index contributed by atoms with van der Waals surface area (Å²) in [5, 5.41) is 7.60. The average molecular weight is 587 g/mol. The molecule has 0 amide bonds. The first-order valence-electron chi connectivity index (χ1n) is 15.8. The fraction of sp³-hybridized carbons (Fsp3) is 0. The number of rotatable bonds is 5. The van der Waals surface area contributed by atoms with E-state index in [4.69, 9.17) is 0 Å². The molecule has 0 aliphatic rings. The second-order valence-electron chi connectivity index (χ2n) is 11.8. The van der Waals surface area contributed by atoms with E-state index in [0.29, 0.717) is 0 Å². The molecule has 0 aliphatic heterocycles. The summed E-state index contributed by atoms with van der Waals surface area (Å²) in [6.45, 7) is 0. The zero-order valence-electron chi connectivity index (χ0n) is 25.2. The van der Waals surface area contributed by atoms with Crippen LogP contribution < -0.4 is 4.90 Å². The van der Waals surface area contributed by atoms with Crippen molar-refractivity contribution in [1.82, 2.24) is 4.57 Å². The molecule has 0 saturated heterocycles. The van der Waals surface area contributed by atoms with Crippen molar-refractivity contribution >= 4 is 60.4 Å². The molecule has 2 nitrogen and oxygen atoms in total. The van der Waals surface area contributed by atoms with Crippen LogP contribution in [0.4, 0.5) is 17.1 Å². The Morgan fingerprint density at radius 2 is 0.913 bits per heavy atom. The minimum Gasteiger partial charge on any atom is -0.310 e. The van der Waals surface area contributed by atoms with Crippen molar-refractivity contribution in [3.63, 3.8) is 0 Å². The molecule has 216 valence electrons. The van der Waals surface area contributed by atoms with E-state index >= 15 is 0 Å². The van der Waals surface area contributed by atoms with Crippen molar-refractivity contribution in [3.05, 3.63) is 182 Å². The Morgan fingerprint density at radius 1 is 0.348 bits per heavy atom. The Bertz CT molecular complexity index is 2510. The van der Waals surface area contributed by atoms with Gasteiger partial charge in [-0.15, -0.1) is 0 Å². The number of hydrogen-bond donors (Lipinski definition) is 0. The summed E-state index contributed by atoms with van der Waals surface area (Å²) >= 11 is 0. The SMILES string of the molecule is c1ccc(N(c2ccc(-c3cc4ccccc4c4ccccc34)cc2)c2ccc3c4ccccc4n(-c4ccccc4)c3c2)cc1. The monoisotopic (exact) mass is 586 g/mol. The third-order valence-electron chi connectivity index (χ3n) is 9.15. The van der Waals surface area contributed by atoms with E-state index in [1.807, 2.05) is 0 Å². The molecule has 0 radical (unpaired) electrons. The van der Waals surface area contributed by atoms with E-state index < -0.39 is 0 Å². The van der Waals surface area contributed by atoms with Crippen LogP contribution in [0.5, 0.6) is 0 Å². The molecule has 0 fully saturated rings. The van der Waals surface area contributed by atoms with Crippen LogP contribution in [0.25, 0.3) is 60.2 Å². The Balaban J connectivity index is 1.22. The summed E-state index contributed by atoms with van der Waals surface area (Å²) in [4.78, 5) is 2.36. The zero-order chi connectivity index (χ0) is 30.5. The number of benzene rings is 8. The normalized spacial score (nSPS) is 11.5. The Morgan fingerprint density at radius 3 is 1.70 bits per heavy atom. The van der Waals surface area contributed by atoms with Crippen LogP contribution in [0.1, 0.15) is 0 Å². The van der Waals surface area contributed by atoms with Crippen molar-refractivity contribution in [1.29, 1.82) is 0 Å². The molecule has 8 aromatic carbocycles. The van der Waals surface area contributed by atoms with Gasteiger partial charge in [0.15, 0.2) is 0 Å². The van der Waals surface area contributed by atoms with Crippen molar-refractivity contribution < 1.29 is 0 Å². The minimum absolute atomic E-state index is 1.11. The first kappa shape index (κ1) is 26.3. The van der Waals surface area contributed by atoms with Gasteiger partial charge in [0.25, 0.3) is 0 Å². The van der Waals surface area contributed by atoms with Gasteiger partial charge < -0.3 is 9.47 Å². The maximum atomic E-state index is 2.38. The van der Waals surface area contributed by atoms with Gasteiger partial charge in [0.05, 0.1) is 11.0 Å². The highest BCUT2D eigenvalue weighted by Crippen LogP contribution is 2.41. The van der Waals surface area contributed by atoms with E-state index in [1.165, 1.54) is 54.5 Å². The zero-order valence-corrected chi connectivity index (χ0v) is 25.2. The van der Waals surface area contributed by atoms with Gasteiger partial charge >= 0.3 is 0 Å². The quantitative estimate of drug-likeness (QED) is 0.182. The maximum absolute atomic E-state index is 2.38. The summed E-state index contributed by atoms with van der Waals surface area (Å²) in [7, 11) is 0. The number of hydrogen-bond acceptors (Lipinski definition) is 1. The molecule has 9 aromatic rings.